The standard InChI is InChI=1S/C19H14N2O5/c1-20-15-8-3-2-7-14(15)18(23)17(19(20)24)16(22)10-9-12-5-4-6-13(11-12)21(25)26/h2-11,23H,1H3. The number of allylic oxidation sites excluding steroid dienone is 1. The number of aryl methyl sites for hydroxylation is 1. The van der Waals surface area contributed by atoms with Crippen molar-refractivity contribution in [1.29, 1.82) is 0 Å². The van der Waals surface area contributed by atoms with Crippen LogP contribution in [-0.2, 0) is 7.05 Å². The number of para-hydroxylation sites is 1. The minimum Gasteiger partial charge on any atom is -0.506 e. The number of hydrogen-bond donors (Lipinski definition) is 1. The largest absolute Gasteiger partial charge is 0.506 e. The van der Waals surface area contributed by atoms with Crippen LogP contribution < -0.4 is 5.56 Å². The molecule has 130 valence electrons. The summed E-state index contributed by atoms with van der Waals surface area (Å²) in [6, 6.07) is 12.4. The number of non-ortho nitro benzene ring substituents is 1. The van der Waals surface area contributed by atoms with Crippen molar-refractivity contribution >= 4 is 28.4 Å². The molecule has 1 aromatic heterocycles. The average Bonchev–Trinajstić information content (AvgIpc) is 2.65. The summed E-state index contributed by atoms with van der Waals surface area (Å²) in [4.78, 5) is 35.2. The summed E-state index contributed by atoms with van der Waals surface area (Å²) in [5, 5.41) is 21.6. The number of nitrogens with zero attached hydrogens (tertiary/aromatic N) is 2. The lowest BCUT2D eigenvalue weighted by Gasteiger charge is -2.09. The maximum atomic E-state index is 12.5. The van der Waals surface area contributed by atoms with E-state index in [0.29, 0.717) is 16.5 Å². The van der Waals surface area contributed by atoms with Crippen LogP contribution in [0.1, 0.15) is 15.9 Å². The van der Waals surface area contributed by atoms with Crippen molar-refractivity contribution in [2.45, 2.75) is 0 Å². The molecule has 0 bridgehead atoms. The Labute approximate surface area is 147 Å². The molecule has 0 atom stereocenters. The van der Waals surface area contributed by atoms with Crippen LogP contribution in [0.15, 0.2) is 59.4 Å². The smallest absolute Gasteiger partial charge is 0.270 e. The highest BCUT2D eigenvalue weighted by molar-refractivity contribution is 6.11. The van der Waals surface area contributed by atoms with Crippen molar-refractivity contribution < 1.29 is 14.8 Å². The summed E-state index contributed by atoms with van der Waals surface area (Å²) in [7, 11) is 1.52. The summed E-state index contributed by atoms with van der Waals surface area (Å²) < 4.78 is 1.30. The number of nitro groups is 1. The second-order valence-electron chi connectivity index (χ2n) is 5.65. The highest BCUT2D eigenvalue weighted by Gasteiger charge is 2.19. The van der Waals surface area contributed by atoms with Crippen molar-refractivity contribution in [2.24, 2.45) is 7.05 Å². The molecule has 0 aliphatic heterocycles. The quantitative estimate of drug-likeness (QED) is 0.337. The monoisotopic (exact) mass is 350 g/mol. The molecular formula is C19H14N2O5. The Morgan fingerprint density at radius 2 is 1.92 bits per heavy atom. The second-order valence-corrected chi connectivity index (χ2v) is 5.65. The van der Waals surface area contributed by atoms with Gasteiger partial charge in [-0.15, -0.1) is 0 Å². The molecule has 0 saturated carbocycles. The first-order valence-electron chi connectivity index (χ1n) is 7.67. The number of carbonyl (C=O) groups is 1. The summed E-state index contributed by atoms with van der Waals surface area (Å²) in [6.45, 7) is 0. The lowest BCUT2D eigenvalue weighted by Crippen LogP contribution is -2.24. The predicted octanol–water partition coefficient (Wildman–Crippen LogP) is 3.05. The van der Waals surface area contributed by atoms with Gasteiger partial charge < -0.3 is 9.67 Å². The van der Waals surface area contributed by atoms with E-state index in [9.17, 15) is 24.8 Å². The molecule has 0 aliphatic carbocycles. The van der Waals surface area contributed by atoms with E-state index >= 15 is 0 Å². The zero-order chi connectivity index (χ0) is 18.8. The Kier molecular flexibility index (Phi) is 4.36. The van der Waals surface area contributed by atoms with Crippen molar-refractivity contribution in [3.05, 3.63) is 86.2 Å². The number of nitro benzene ring substituents is 1. The molecule has 1 heterocycles. The summed E-state index contributed by atoms with van der Waals surface area (Å²) >= 11 is 0. The molecule has 0 amide bonds. The number of benzene rings is 2. The molecule has 0 spiro atoms. The predicted molar refractivity (Wildman–Crippen MR) is 97.3 cm³/mol. The molecule has 0 radical (unpaired) electrons. The van der Waals surface area contributed by atoms with Crippen LogP contribution in [-0.4, -0.2) is 20.4 Å². The van der Waals surface area contributed by atoms with E-state index < -0.39 is 16.3 Å². The topological polar surface area (TPSA) is 102 Å². The zero-order valence-electron chi connectivity index (χ0n) is 13.7. The normalized spacial score (nSPS) is 11.1. The Balaban J connectivity index is 2.05. The van der Waals surface area contributed by atoms with Gasteiger partial charge in [0.1, 0.15) is 11.3 Å². The van der Waals surface area contributed by atoms with Gasteiger partial charge in [-0.3, -0.25) is 19.7 Å². The van der Waals surface area contributed by atoms with Crippen LogP contribution in [0.4, 0.5) is 5.69 Å². The number of aromatic hydroxyl groups is 1. The molecular weight excluding hydrogens is 336 g/mol. The Hall–Kier alpha value is -3.74. The summed E-state index contributed by atoms with van der Waals surface area (Å²) in [5.41, 5.74) is -0.120. The van der Waals surface area contributed by atoms with Gasteiger partial charge in [-0.1, -0.05) is 30.3 Å². The third-order valence-corrected chi connectivity index (χ3v) is 4.03. The number of ketones is 1. The van der Waals surface area contributed by atoms with Crippen LogP contribution in [0.5, 0.6) is 5.75 Å². The number of pyridine rings is 1. The molecule has 3 rings (SSSR count). The third kappa shape index (κ3) is 2.98. The van der Waals surface area contributed by atoms with E-state index in [4.69, 9.17) is 0 Å². The number of hydrogen-bond acceptors (Lipinski definition) is 5. The Morgan fingerprint density at radius 3 is 2.65 bits per heavy atom. The van der Waals surface area contributed by atoms with Crippen LogP contribution in [0.2, 0.25) is 0 Å². The van der Waals surface area contributed by atoms with E-state index in [1.165, 1.54) is 35.9 Å². The fraction of sp³-hybridized carbons (Fsp3) is 0.0526. The highest BCUT2D eigenvalue weighted by Crippen LogP contribution is 2.26. The first-order chi connectivity index (χ1) is 12.4. The maximum Gasteiger partial charge on any atom is 0.270 e. The molecule has 0 unspecified atom stereocenters. The van der Waals surface area contributed by atoms with Gasteiger partial charge in [0.05, 0.1) is 10.4 Å². The third-order valence-electron chi connectivity index (χ3n) is 4.03. The molecule has 0 aliphatic rings. The van der Waals surface area contributed by atoms with Gasteiger partial charge in [-0.05, 0) is 23.8 Å². The second kappa shape index (κ2) is 6.64. The molecule has 0 fully saturated rings. The van der Waals surface area contributed by atoms with Gasteiger partial charge in [0.25, 0.3) is 11.2 Å². The fourth-order valence-corrected chi connectivity index (χ4v) is 2.70. The van der Waals surface area contributed by atoms with Crippen molar-refractivity contribution in [2.75, 3.05) is 0 Å². The van der Waals surface area contributed by atoms with Gasteiger partial charge in [0.2, 0.25) is 0 Å². The number of rotatable bonds is 4. The van der Waals surface area contributed by atoms with Crippen molar-refractivity contribution in [3.8, 4) is 5.75 Å². The average molecular weight is 350 g/mol. The molecule has 3 aromatic rings. The number of carbonyl (C=O) groups excluding carboxylic acids is 1. The first kappa shape index (κ1) is 17.1. The first-order valence-corrected chi connectivity index (χ1v) is 7.67. The fourth-order valence-electron chi connectivity index (χ4n) is 2.70. The van der Waals surface area contributed by atoms with E-state index in [1.54, 1.807) is 30.3 Å². The zero-order valence-corrected chi connectivity index (χ0v) is 13.7. The van der Waals surface area contributed by atoms with Gasteiger partial charge in [0.15, 0.2) is 5.78 Å². The molecule has 7 nitrogen and oxygen atoms in total. The molecule has 7 heteroatoms. The SMILES string of the molecule is Cn1c(=O)c(C(=O)C=Cc2cccc([N+](=O)[O-])c2)c(O)c2ccccc21. The molecule has 1 N–H and O–H groups in total. The minimum atomic E-state index is -0.680. The minimum absolute atomic E-state index is 0.107. The van der Waals surface area contributed by atoms with Crippen LogP contribution in [0, 0.1) is 10.1 Å². The molecule has 0 saturated heterocycles. The van der Waals surface area contributed by atoms with E-state index in [1.807, 2.05) is 0 Å². The highest BCUT2D eigenvalue weighted by atomic mass is 16.6. The Bertz CT molecular complexity index is 1130. The van der Waals surface area contributed by atoms with Crippen molar-refractivity contribution in [3.63, 3.8) is 0 Å². The molecule has 2 aromatic carbocycles. The van der Waals surface area contributed by atoms with Crippen LogP contribution in [0.3, 0.4) is 0 Å². The van der Waals surface area contributed by atoms with Gasteiger partial charge in [0, 0.05) is 24.6 Å². The van der Waals surface area contributed by atoms with Crippen LogP contribution >= 0.6 is 0 Å². The van der Waals surface area contributed by atoms with Crippen LogP contribution in [0.25, 0.3) is 17.0 Å². The number of fused-ring (bicyclic) bond motifs is 1. The van der Waals surface area contributed by atoms with Gasteiger partial charge in [-0.2, -0.15) is 0 Å². The van der Waals surface area contributed by atoms with Gasteiger partial charge in [-0.25, -0.2) is 0 Å². The van der Waals surface area contributed by atoms with E-state index in [-0.39, 0.29) is 17.0 Å². The lowest BCUT2D eigenvalue weighted by molar-refractivity contribution is -0.384. The maximum absolute atomic E-state index is 12.5. The van der Waals surface area contributed by atoms with Gasteiger partial charge >= 0.3 is 0 Å². The Morgan fingerprint density at radius 1 is 1.19 bits per heavy atom. The molecule has 26 heavy (non-hydrogen) atoms. The number of aromatic nitrogens is 1. The summed E-state index contributed by atoms with van der Waals surface area (Å²) in [5.74, 6) is -1.06. The lowest BCUT2D eigenvalue weighted by atomic mass is 10.1. The summed E-state index contributed by atoms with van der Waals surface area (Å²) in [6.07, 6.45) is 2.48. The van der Waals surface area contributed by atoms with Crippen molar-refractivity contribution in [1.82, 2.24) is 4.57 Å². The van der Waals surface area contributed by atoms with E-state index in [0.717, 1.165) is 6.08 Å². The van der Waals surface area contributed by atoms with E-state index in [2.05, 4.69) is 0 Å².